The second kappa shape index (κ2) is 6.28. The van der Waals surface area contributed by atoms with Crippen LogP contribution in [-0.4, -0.2) is 19.7 Å². The van der Waals surface area contributed by atoms with Crippen molar-refractivity contribution in [3.8, 4) is 6.07 Å². The Balaban J connectivity index is 1.66. The highest BCUT2D eigenvalue weighted by molar-refractivity contribution is 5.86. The van der Waals surface area contributed by atoms with E-state index in [9.17, 15) is 0 Å². The molecule has 1 aliphatic rings. The van der Waals surface area contributed by atoms with Crippen LogP contribution in [0.1, 0.15) is 36.4 Å². The van der Waals surface area contributed by atoms with Gasteiger partial charge < -0.3 is 5.32 Å². The van der Waals surface area contributed by atoms with E-state index < -0.39 is 0 Å². The first-order chi connectivity index (χ1) is 11.9. The summed E-state index contributed by atoms with van der Waals surface area (Å²) in [5.74, 6) is 0.810. The number of nitrogens with one attached hydrogen (secondary N) is 1. The molecule has 0 saturated heterocycles. The fourth-order valence-corrected chi connectivity index (χ4v) is 3.40. The van der Waals surface area contributed by atoms with E-state index in [1.807, 2.05) is 0 Å². The maximum Gasteiger partial charge on any atom is 0.163 e. The molecule has 3 aromatic rings. The Morgan fingerprint density at radius 3 is 3.12 bits per heavy atom. The minimum Gasteiger partial charge on any atom is -0.363 e. The average Bonchev–Trinajstić information content (AvgIpc) is 3.04. The molecular weight excluding hydrogens is 300 g/mol. The minimum atomic E-state index is 0.260. The molecule has 24 heavy (non-hydrogen) atoms. The van der Waals surface area contributed by atoms with Gasteiger partial charge >= 0.3 is 0 Å². The molecule has 2 aromatic heterocycles. The maximum absolute atomic E-state index is 8.76. The molecule has 0 aliphatic heterocycles. The van der Waals surface area contributed by atoms with Crippen molar-refractivity contribution in [3.63, 3.8) is 0 Å². The van der Waals surface area contributed by atoms with E-state index in [0.717, 1.165) is 29.7 Å². The van der Waals surface area contributed by atoms with Gasteiger partial charge in [0.1, 0.15) is 12.1 Å². The summed E-state index contributed by atoms with van der Waals surface area (Å²) in [5.41, 5.74) is 3.54. The molecule has 120 valence electrons. The molecule has 0 amide bonds. The lowest BCUT2D eigenvalue weighted by atomic mass is 9.88. The van der Waals surface area contributed by atoms with Crippen LogP contribution < -0.4 is 5.32 Å². The topological polar surface area (TPSA) is 79.4 Å². The summed E-state index contributed by atoms with van der Waals surface area (Å²) in [5, 5.41) is 17.6. The van der Waals surface area contributed by atoms with Crippen molar-refractivity contribution in [1.82, 2.24) is 19.7 Å². The molecule has 6 nitrogen and oxygen atoms in total. The molecule has 0 spiro atoms. The van der Waals surface area contributed by atoms with Crippen LogP contribution in [0.3, 0.4) is 0 Å². The number of aromatic nitrogens is 4. The second-order valence-corrected chi connectivity index (χ2v) is 6.02. The number of benzene rings is 1. The molecule has 2 heterocycles. The van der Waals surface area contributed by atoms with Gasteiger partial charge in [-0.1, -0.05) is 24.3 Å². The first kappa shape index (κ1) is 14.6. The van der Waals surface area contributed by atoms with Crippen LogP contribution in [0.4, 0.5) is 5.82 Å². The van der Waals surface area contributed by atoms with Crippen molar-refractivity contribution >= 4 is 16.9 Å². The van der Waals surface area contributed by atoms with Crippen molar-refractivity contribution in [1.29, 1.82) is 5.26 Å². The van der Waals surface area contributed by atoms with E-state index in [2.05, 4.69) is 50.7 Å². The van der Waals surface area contributed by atoms with Crippen LogP contribution in [0.15, 0.2) is 36.8 Å². The van der Waals surface area contributed by atoms with Crippen LogP contribution in [0.25, 0.3) is 11.0 Å². The van der Waals surface area contributed by atoms with Gasteiger partial charge in [0, 0.05) is 0 Å². The van der Waals surface area contributed by atoms with E-state index in [4.69, 9.17) is 5.26 Å². The molecule has 4 rings (SSSR count). The Kier molecular flexibility index (Phi) is 3.83. The van der Waals surface area contributed by atoms with Crippen LogP contribution >= 0.6 is 0 Å². The normalized spacial score (nSPS) is 16.5. The SMILES string of the molecule is N#CCCn1ncc2c(N[C@H]3CCCc4ccccc43)ncnc21. The molecule has 0 bridgehead atoms. The fourth-order valence-electron chi connectivity index (χ4n) is 3.40. The summed E-state index contributed by atoms with van der Waals surface area (Å²) in [6.45, 7) is 0.544. The first-order valence-corrected chi connectivity index (χ1v) is 8.24. The van der Waals surface area contributed by atoms with Crippen LogP contribution in [0, 0.1) is 11.3 Å². The Labute approximate surface area is 140 Å². The van der Waals surface area contributed by atoms with E-state index in [0.29, 0.717) is 13.0 Å². The molecule has 1 aromatic carbocycles. The van der Waals surface area contributed by atoms with Crippen molar-refractivity contribution in [2.24, 2.45) is 0 Å². The maximum atomic E-state index is 8.76. The van der Waals surface area contributed by atoms with E-state index in [-0.39, 0.29) is 6.04 Å². The van der Waals surface area contributed by atoms with Gasteiger partial charge in [-0.25, -0.2) is 14.6 Å². The van der Waals surface area contributed by atoms with Gasteiger partial charge in [-0.05, 0) is 30.4 Å². The standard InChI is InChI=1S/C18H18N6/c19-9-4-10-24-18-15(11-22-24)17(20-12-21-18)23-16-8-3-6-13-5-1-2-7-14(13)16/h1-2,5,7,11-12,16H,3-4,6,8,10H2,(H,20,21,23)/t16-/m0/s1. The van der Waals surface area contributed by atoms with Crippen LogP contribution in [0.2, 0.25) is 0 Å². The largest absolute Gasteiger partial charge is 0.363 e. The molecule has 6 heteroatoms. The molecule has 0 fully saturated rings. The highest BCUT2D eigenvalue weighted by Crippen LogP contribution is 2.33. The minimum absolute atomic E-state index is 0.260. The van der Waals surface area contributed by atoms with Crippen molar-refractivity contribution in [3.05, 3.63) is 47.9 Å². The average molecular weight is 318 g/mol. The number of nitriles is 1. The molecular formula is C18H18N6. The van der Waals surface area contributed by atoms with E-state index in [1.165, 1.54) is 17.5 Å². The number of aryl methyl sites for hydroxylation is 2. The summed E-state index contributed by atoms with van der Waals surface area (Å²) in [4.78, 5) is 8.76. The van der Waals surface area contributed by atoms with E-state index in [1.54, 1.807) is 17.2 Å². The molecule has 1 atom stereocenters. The molecule has 1 aliphatic carbocycles. The molecule has 0 radical (unpaired) electrons. The molecule has 0 unspecified atom stereocenters. The zero-order valence-corrected chi connectivity index (χ0v) is 13.3. The Bertz CT molecular complexity index is 907. The van der Waals surface area contributed by atoms with Gasteiger partial charge in [-0.15, -0.1) is 0 Å². The number of nitrogens with zero attached hydrogens (tertiary/aromatic N) is 5. The summed E-state index contributed by atoms with van der Waals surface area (Å²) in [6.07, 6.45) is 7.16. The number of fused-ring (bicyclic) bond motifs is 2. The zero-order chi connectivity index (χ0) is 16.4. The molecule has 1 N–H and O–H groups in total. The predicted molar refractivity (Wildman–Crippen MR) is 91.3 cm³/mol. The fraction of sp³-hybridized carbons (Fsp3) is 0.333. The number of hydrogen-bond acceptors (Lipinski definition) is 5. The Hall–Kier alpha value is -2.94. The van der Waals surface area contributed by atoms with Crippen LogP contribution in [-0.2, 0) is 13.0 Å². The smallest absolute Gasteiger partial charge is 0.163 e. The second-order valence-electron chi connectivity index (χ2n) is 6.02. The third kappa shape index (κ3) is 2.58. The summed E-state index contributed by atoms with van der Waals surface area (Å²) in [7, 11) is 0. The van der Waals surface area contributed by atoms with Crippen molar-refractivity contribution < 1.29 is 0 Å². The van der Waals surface area contributed by atoms with Gasteiger partial charge in [-0.2, -0.15) is 10.4 Å². The third-order valence-corrected chi connectivity index (χ3v) is 4.55. The predicted octanol–water partition coefficient (Wildman–Crippen LogP) is 3.23. The lowest BCUT2D eigenvalue weighted by Gasteiger charge is -2.26. The number of rotatable bonds is 4. The number of anilines is 1. The van der Waals surface area contributed by atoms with Gasteiger partial charge in [-0.3, -0.25) is 0 Å². The lowest BCUT2D eigenvalue weighted by Crippen LogP contribution is -2.18. The van der Waals surface area contributed by atoms with Crippen molar-refractivity contribution in [2.75, 3.05) is 5.32 Å². The zero-order valence-electron chi connectivity index (χ0n) is 13.3. The Morgan fingerprint density at radius 1 is 1.29 bits per heavy atom. The first-order valence-electron chi connectivity index (χ1n) is 8.24. The summed E-state index contributed by atoms with van der Waals surface area (Å²) < 4.78 is 1.76. The monoisotopic (exact) mass is 318 g/mol. The highest BCUT2D eigenvalue weighted by Gasteiger charge is 2.21. The molecule has 0 saturated carbocycles. The number of hydrogen-bond donors (Lipinski definition) is 1. The van der Waals surface area contributed by atoms with Gasteiger partial charge in [0.2, 0.25) is 0 Å². The van der Waals surface area contributed by atoms with Crippen LogP contribution in [0.5, 0.6) is 0 Å². The summed E-state index contributed by atoms with van der Waals surface area (Å²) in [6, 6.07) is 11.0. The van der Waals surface area contributed by atoms with Crippen molar-refractivity contribution in [2.45, 2.75) is 38.3 Å². The van der Waals surface area contributed by atoms with Gasteiger partial charge in [0.05, 0.1) is 36.7 Å². The van der Waals surface area contributed by atoms with E-state index >= 15 is 0 Å². The third-order valence-electron chi connectivity index (χ3n) is 4.55. The quantitative estimate of drug-likeness (QED) is 0.799. The highest BCUT2D eigenvalue weighted by atomic mass is 15.3. The van der Waals surface area contributed by atoms with Gasteiger partial charge in [0.15, 0.2) is 5.65 Å². The Morgan fingerprint density at radius 2 is 2.21 bits per heavy atom. The summed E-state index contributed by atoms with van der Waals surface area (Å²) >= 11 is 0. The lowest BCUT2D eigenvalue weighted by molar-refractivity contribution is 0.599. The van der Waals surface area contributed by atoms with Gasteiger partial charge in [0.25, 0.3) is 0 Å².